The van der Waals surface area contributed by atoms with Crippen LogP contribution in [0, 0.1) is 0 Å². The van der Waals surface area contributed by atoms with E-state index in [1.54, 1.807) is 18.2 Å². The second-order valence-electron chi connectivity index (χ2n) is 5.18. The number of fused-ring (bicyclic) bond motifs is 1. The zero-order chi connectivity index (χ0) is 17.3. The minimum atomic E-state index is -0.604. The van der Waals surface area contributed by atoms with Crippen molar-refractivity contribution in [2.75, 3.05) is 7.11 Å². The van der Waals surface area contributed by atoms with Gasteiger partial charge in [0.15, 0.2) is 0 Å². The standard InChI is InChI=1S/C19H14BrNO3/c1-12-14-8-4-5-9-15(14)18(22)21(12)17(19(23)24-2)11-13-7-3-6-10-16(13)20/h3-11H,1H2,2H3/b17-11+. The van der Waals surface area contributed by atoms with Crippen molar-refractivity contribution in [1.29, 1.82) is 0 Å². The van der Waals surface area contributed by atoms with Crippen LogP contribution in [0.1, 0.15) is 21.5 Å². The summed E-state index contributed by atoms with van der Waals surface area (Å²) >= 11 is 3.44. The molecule has 0 aromatic heterocycles. The van der Waals surface area contributed by atoms with Crippen molar-refractivity contribution in [1.82, 2.24) is 4.90 Å². The van der Waals surface area contributed by atoms with Crippen molar-refractivity contribution in [3.05, 3.63) is 82.0 Å². The van der Waals surface area contributed by atoms with E-state index in [2.05, 4.69) is 22.5 Å². The first-order valence-electron chi connectivity index (χ1n) is 7.22. The average molecular weight is 384 g/mol. The molecule has 0 saturated heterocycles. The molecule has 1 heterocycles. The second kappa shape index (κ2) is 6.45. The van der Waals surface area contributed by atoms with Gasteiger partial charge in [-0.3, -0.25) is 9.69 Å². The number of nitrogens with zero attached hydrogens (tertiary/aromatic N) is 1. The molecule has 0 atom stereocenters. The van der Waals surface area contributed by atoms with Gasteiger partial charge in [-0.05, 0) is 23.8 Å². The third kappa shape index (κ3) is 2.67. The average Bonchev–Trinajstić information content (AvgIpc) is 2.85. The molecule has 120 valence electrons. The number of hydrogen-bond donors (Lipinski definition) is 0. The van der Waals surface area contributed by atoms with E-state index in [0.717, 1.165) is 10.0 Å². The quantitative estimate of drug-likeness (QED) is 0.592. The molecule has 0 unspecified atom stereocenters. The Labute approximate surface area is 148 Å². The lowest BCUT2D eigenvalue weighted by Crippen LogP contribution is -2.27. The summed E-state index contributed by atoms with van der Waals surface area (Å²) in [5.41, 5.74) is 2.57. The maximum absolute atomic E-state index is 12.7. The highest BCUT2D eigenvalue weighted by Crippen LogP contribution is 2.35. The summed E-state index contributed by atoms with van der Waals surface area (Å²) in [6.07, 6.45) is 1.62. The molecule has 0 radical (unpaired) electrons. The molecule has 0 spiro atoms. The number of rotatable bonds is 3. The Kier molecular flexibility index (Phi) is 4.36. The Morgan fingerprint density at radius 3 is 2.38 bits per heavy atom. The van der Waals surface area contributed by atoms with Crippen LogP contribution in [0.3, 0.4) is 0 Å². The van der Waals surface area contributed by atoms with Gasteiger partial charge in [-0.25, -0.2) is 4.79 Å². The number of esters is 1. The Morgan fingerprint density at radius 2 is 1.75 bits per heavy atom. The second-order valence-corrected chi connectivity index (χ2v) is 6.03. The molecule has 0 aliphatic carbocycles. The molecule has 1 aliphatic heterocycles. The van der Waals surface area contributed by atoms with Crippen LogP contribution in [0.25, 0.3) is 11.8 Å². The fourth-order valence-corrected chi connectivity index (χ4v) is 3.00. The fraction of sp³-hybridized carbons (Fsp3) is 0.0526. The maximum Gasteiger partial charge on any atom is 0.355 e. The Morgan fingerprint density at radius 1 is 1.12 bits per heavy atom. The van der Waals surface area contributed by atoms with Crippen molar-refractivity contribution < 1.29 is 14.3 Å². The molecule has 5 heteroatoms. The molecule has 24 heavy (non-hydrogen) atoms. The topological polar surface area (TPSA) is 46.6 Å². The molecule has 0 saturated carbocycles. The number of halogens is 1. The minimum absolute atomic E-state index is 0.121. The summed E-state index contributed by atoms with van der Waals surface area (Å²) in [4.78, 5) is 26.4. The SMILES string of the molecule is C=C1c2ccccc2C(=O)N1/C(=C/c1ccccc1Br)C(=O)OC. The molecule has 0 N–H and O–H groups in total. The van der Waals surface area contributed by atoms with Crippen molar-refractivity contribution in [2.24, 2.45) is 0 Å². The predicted octanol–water partition coefficient (Wildman–Crippen LogP) is 4.09. The smallest absolute Gasteiger partial charge is 0.355 e. The van der Waals surface area contributed by atoms with Gasteiger partial charge < -0.3 is 4.74 Å². The molecule has 0 fully saturated rings. The van der Waals surface area contributed by atoms with Gasteiger partial charge in [0.25, 0.3) is 5.91 Å². The van der Waals surface area contributed by atoms with Gasteiger partial charge in [0.2, 0.25) is 0 Å². The molecule has 2 aromatic rings. The summed E-state index contributed by atoms with van der Waals surface area (Å²) < 4.78 is 5.68. The third-order valence-electron chi connectivity index (χ3n) is 3.77. The highest BCUT2D eigenvalue weighted by atomic mass is 79.9. The van der Waals surface area contributed by atoms with Crippen LogP contribution in [-0.4, -0.2) is 23.9 Å². The van der Waals surface area contributed by atoms with Gasteiger partial charge in [0.05, 0.1) is 12.8 Å². The van der Waals surface area contributed by atoms with E-state index in [4.69, 9.17) is 4.74 Å². The van der Waals surface area contributed by atoms with Gasteiger partial charge in [-0.15, -0.1) is 0 Å². The van der Waals surface area contributed by atoms with Crippen LogP contribution < -0.4 is 0 Å². The first-order chi connectivity index (χ1) is 11.5. The molecule has 0 bridgehead atoms. The number of hydrogen-bond acceptors (Lipinski definition) is 3. The van der Waals surface area contributed by atoms with Crippen LogP contribution >= 0.6 is 15.9 Å². The summed E-state index contributed by atoms with van der Waals surface area (Å²) in [6.45, 7) is 3.97. The fourth-order valence-electron chi connectivity index (χ4n) is 2.60. The van der Waals surface area contributed by atoms with Crippen molar-refractivity contribution in [3.63, 3.8) is 0 Å². The summed E-state index contributed by atoms with van der Waals surface area (Å²) in [6, 6.07) is 14.5. The first kappa shape index (κ1) is 16.2. The lowest BCUT2D eigenvalue weighted by atomic mass is 10.1. The van der Waals surface area contributed by atoms with Gasteiger partial charge >= 0.3 is 5.97 Å². The highest BCUT2D eigenvalue weighted by Gasteiger charge is 2.36. The van der Waals surface area contributed by atoms with E-state index in [9.17, 15) is 9.59 Å². The number of carbonyl (C=O) groups excluding carboxylic acids is 2. The van der Waals surface area contributed by atoms with Gasteiger partial charge in [0.1, 0.15) is 5.70 Å². The van der Waals surface area contributed by atoms with E-state index in [1.807, 2.05) is 36.4 Å². The Bertz CT molecular complexity index is 851. The molecule has 2 aromatic carbocycles. The first-order valence-corrected chi connectivity index (χ1v) is 8.01. The molecule has 4 nitrogen and oxygen atoms in total. The number of methoxy groups -OCH3 is 1. The lowest BCUT2D eigenvalue weighted by molar-refractivity contribution is -0.137. The van der Waals surface area contributed by atoms with E-state index >= 15 is 0 Å². The third-order valence-corrected chi connectivity index (χ3v) is 4.50. The molecular weight excluding hydrogens is 370 g/mol. The minimum Gasteiger partial charge on any atom is -0.464 e. The maximum atomic E-state index is 12.7. The molecule has 1 aliphatic rings. The Balaban J connectivity index is 2.12. The van der Waals surface area contributed by atoms with Gasteiger partial charge in [-0.1, -0.05) is 58.9 Å². The molecular formula is C19H14BrNO3. The van der Waals surface area contributed by atoms with E-state index in [0.29, 0.717) is 16.8 Å². The summed E-state index contributed by atoms with van der Waals surface area (Å²) in [7, 11) is 1.28. The molecule has 3 rings (SSSR count). The summed E-state index contributed by atoms with van der Waals surface area (Å²) in [5, 5.41) is 0. The largest absolute Gasteiger partial charge is 0.464 e. The Hall–Kier alpha value is -2.66. The normalized spacial score (nSPS) is 13.9. The number of carbonyl (C=O) groups is 2. The van der Waals surface area contributed by atoms with Gasteiger partial charge in [0, 0.05) is 15.6 Å². The van der Waals surface area contributed by atoms with E-state index < -0.39 is 5.97 Å². The number of ether oxygens (including phenoxy) is 1. The molecule has 1 amide bonds. The van der Waals surface area contributed by atoms with Crippen molar-refractivity contribution >= 4 is 39.6 Å². The van der Waals surface area contributed by atoms with Crippen LogP contribution in [0.4, 0.5) is 0 Å². The van der Waals surface area contributed by atoms with Gasteiger partial charge in [-0.2, -0.15) is 0 Å². The van der Waals surface area contributed by atoms with Crippen LogP contribution in [0.15, 0.2) is 65.3 Å². The zero-order valence-electron chi connectivity index (χ0n) is 13.0. The zero-order valence-corrected chi connectivity index (χ0v) is 14.5. The highest BCUT2D eigenvalue weighted by molar-refractivity contribution is 9.10. The van der Waals surface area contributed by atoms with E-state index in [-0.39, 0.29) is 11.6 Å². The van der Waals surface area contributed by atoms with Crippen LogP contribution in [0.2, 0.25) is 0 Å². The summed E-state index contributed by atoms with van der Waals surface area (Å²) in [5.74, 6) is -0.896. The van der Waals surface area contributed by atoms with Crippen molar-refractivity contribution in [3.8, 4) is 0 Å². The number of amides is 1. The predicted molar refractivity (Wildman–Crippen MR) is 95.8 cm³/mol. The number of benzene rings is 2. The van der Waals surface area contributed by atoms with Crippen molar-refractivity contribution in [2.45, 2.75) is 0 Å². The monoisotopic (exact) mass is 383 g/mol. The lowest BCUT2D eigenvalue weighted by Gasteiger charge is -2.19. The van der Waals surface area contributed by atoms with Crippen LogP contribution in [0.5, 0.6) is 0 Å². The van der Waals surface area contributed by atoms with E-state index in [1.165, 1.54) is 12.0 Å². The van der Waals surface area contributed by atoms with Crippen LogP contribution in [-0.2, 0) is 9.53 Å².